The zero-order valence-electron chi connectivity index (χ0n) is 13.8. The minimum absolute atomic E-state index is 0.00804. The van der Waals surface area contributed by atoms with Crippen LogP contribution in [-0.2, 0) is 11.8 Å². The average molecular weight is 326 g/mol. The van der Waals surface area contributed by atoms with Crippen molar-refractivity contribution in [2.45, 2.75) is 43.7 Å². The van der Waals surface area contributed by atoms with Crippen LogP contribution in [0.15, 0.2) is 30.6 Å². The first-order chi connectivity index (χ1) is 11.7. The number of hydrogen-bond donors (Lipinski definition) is 1. The molecule has 4 rings (SSSR count). The molecule has 2 fully saturated rings. The predicted octanol–water partition coefficient (Wildman–Crippen LogP) is 2.34. The Labute approximate surface area is 141 Å². The molecule has 1 aliphatic carbocycles. The number of ether oxygens (including phenoxy) is 1. The zero-order valence-corrected chi connectivity index (χ0v) is 13.8. The summed E-state index contributed by atoms with van der Waals surface area (Å²) in [5.74, 6) is 0.504. The zero-order chi connectivity index (χ0) is 16.5. The summed E-state index contributed by atoms with van der Waals surface area (Å²) in [6.45, 7) is 0.642. The Morgan fingerprint density at radius 2 is 2.25 bits per heavy atom. The average Bonchev–Trinajstić information content (AvgIpc) is 3.38. The first-order valence-corrected chi connectivity index (χ1v) is 8.57. The van der Waals surface area contributed by atoms with Crippen LogP contribution < -0.4 is 5.32 Å². The third-order valence-corrected chi connectivity index (χ3v) is 4.80. The van der Waals surface area contributed by atoms with Gasteiger partial charge in [-0.05, 0) is 43.4 Å². The quantitative estimate of drug-likeness (QED) is 0.936. The molecule has 2 aliphatic rings. The van der Waals surface area contributed by atoms with Crippen molar-refractivity contribution in [3.8, 4) is 0 Å². The molecule has 24 heavy (non-hydrogen) atoms. The minimum atomic E-state index is -0.0475. The van der Waals surface area contributed by atoms with Crippen LogP contribution in [0.2, 0.25) is 0 Å². The lowest BCUT2D eigenvalue weighted by molar-refractivity contribution is 0.000661. The lowest BCUT2D eigenvalue weighted by Gasteiger charge is -2.30. The summed E-state index contributed by atoms with van der Waals surface area (Å²) in [6, 6.07) is 5.97. The third-order valence-electron chi connectivity index (χ3n) is 4.80. The second kappa shape index (κ2) is 6.36. The van der Waals surface area contributed by atoms with E-state index in [1.165, 1.54) is 12.8 Å². The van der Waals surface area contributed by atoms with Crippen LogP contribution in [0.3, 0.4) is 0 Å². The van der Waals surface area contributed by atoms with Crippen molar-refractivity contribution in [1.29, 1.82) is 0 Å². The van der Waals surface area contributed by atoms with Crippen LogP contribution in [0, 0.1) is 0 Å². The molecule has 0 bridgehead atoms. The highest BCUT2D eigenvalue weighted by Crippen LogP contribution is 2.39. The molecule has 1 saturated heterocycles. The van der Waals surface area contributed by atoms with Crippen molar-refractivity contribution >= 4 is 5.91 Å². The van der Waals surface area contributed by atoms with E-state index in [-0.39, 0.29) is 18.1 Å². The largest absolute Gasteiger partial charge is 0.373 e. The Kier molecular flexibility index (Phi) is 4.06. The van der Waals surface area contributed by atoms with Gasteiger partial charge >= 0.3 is 0 Å². The van der Waals surface area contributed by atoms with E-state index >= 15 is 0 Å². The summed E-state index contributed by atoms with van der Waals surface area (Å²) in [4.78, 5) is 16.8. The van der Waals surface area contributed by atoms with E-state index in [2.05, 4.69) is 15.4 Å². The summed E-state index contributed by atoms with van der Waals surface area (Å²) in [6.07, 6.45) is 7.55. The number of carbonyl (C=O) groups excluding carboxylic acids is 1. The summed E-state index contributed by atoms with van der Waals surface area (Å²) >= 11 is 0. The van der Waals surface area contributed by atoms with Crippen molar-refractivity contribution in [3.63, 3.8) is 0 Å². The molecule has 1 amide bonds. The number of amides is 1. The monoisotopic (exact) mass is 326 g/mol. The molecule has 1 aliphatic heterocycles. The fraction of sp³-hybridized carbons (Fsp3) is 0.500. The molecule has 6 heteroatoms. The molecule has 6 nitrogen and oxygen atoms in total. The van der Waals surface area contributed by atoms with E-state index in [1.807, 2.05) is 31.4 Å². The Bertz CT molecular complexity index is 724. The molecule has 1 N–H and O–H groups in total. The molecular weight excluding hydrogens is 304 g/mol. The maximum atomic E-state index is 12.6. The van der Waals surface area contributed by atoms with Gasteiger partial charge in [-0.2, -0.15) is 5.10 Å². The highest BCUT2D eigenvalue weighted by molar-refractivity contribution is 5.92. The highest BCUT2D eigenvalue weighted by atomic mass is 16.5. The number of nitrogens with zero attached hydrogens (tertiary/aromatic N) is 3. The number of hydrogen-bond acceptors (Lipinski definition) is 4. The fourth-order valence-electron chi connectivity index (χ4n) is 3.27. The van der Waals surface area contributed by atoms with E-state index in [4.69, 9.17) is 4.74 Å². The second-order valence-electron chi connectivity index (χ2n) is 6.69. The van der Waals surface area contributed by atoms with Crippen LogP contribution in [0.1, 0.15) is 59.5 Å². The van der Waals surface area contributed by atoms with E-state index in [0.29, 0.717) is 18.2 Å². The van der Waals surface area contributed by atoms with Crippen molar-refractivity contribution in [3.05, 3.63) is 47.5 Å². The standard InChI is InChI=1S/C18H22N4O2/c1-22-16(10-15(21-22)12-4-5-12)18(23)20-14-6-8-24-17(9-14)13-3-2-7-19-11-13/h2-3,7,10-12,14,17H,4-6,8-9H2,1H3,(H,20,23)/t14-,17-/m1/s1. The fourth-order valence-corrected chi connectivity index (χ4v) is 3.27. The van der Waals surface area contributed by atoms with Gasteiger partial charge in [0.25, 0.3) is 5.91 Å². The molecule has 2 atom stereocenters. The van der Waals surface area contributed by atoms with Gasteiger partial charge in [0.05, 0.1) is 11.8 Å². The minimum Gasteiger partial charge on any atom is -0.373 e. The lowest BCUT2D eigenvalue weighted by Crippen LogP contribution is -2.40. The smallest absolute Gasteiger partial charge is 0.269 e. The molecule has 0 unspecified atom stereocenters. The van der Waals surface area contributed by atoms with E-state index in [0.717, 1.165) is 24.1 Å². The van der Waals surface area contributed by atoms with Gasteiger partial charge < -0.3 is 10.1 Å². The van der Waals surface area contributed by atoms with Gasteiger partial charge in [-0.1, -0.05) is 6.07 Å². The molecule has 126 valence electrons. The van der Waals surface area contributed by atoms with Crippen molar-refractivity contribution in [1.82, 2.24) is 20.1 Å². The molecular formula is C18H22N4O2. The van der Waals surface area contributed by atoms with Crippen molar-refractivity contribution in [2.24, 2.45) is 7.05 Å². The Balaban J connectivity index is 1.42. The molecule has 3 heterocycles. The SMILES string of the molecule is Cn1nc(C2CC2)cc1C(=O)N[C@@H]1CCO[C@@H](c2cccnc2)C1. The van der Waals surface area contributed by atoms with Crippen LogP contribution in [-0.4, -0.2) is 33.3 Å². The number of nitrogens with one attached hydrogen (secondary N) is 1. The summed E-state index contributed by atoms with van der Waals surface area (Å²) in [7, 11) is 1.84. The van der Waals surface area contributed by atoms with Gasteiger partial charge in [0.15, 0.2) is 0 Å². The Morgan fingerprint density at radius 1 is 1.38 bits per heavy atom. The molecule has 2 aromatic rings. The van der Waals surface area contributed by atoms with Gasteiger partial charge in [-0.15, -0.1) is 0 Å². The normalized spacial score (nSPS) is 23.9. The van der Waals surface area contributed by atoms with Crippen molar-refractivity contribution in [2.75, 3.05) is 6.61 Å². The van der Waals surface area contributed by atoms with E-state index in [1.54, 1.807) is 10.9 Å². The van der Waals surface area contributed by atoms with Gasteiger partial charge in [0, 0.05) is 38.0 Å². The highest BCUT2D eigenvalue weighted by Gasteiger charge is 2.29. The Hall–Kier alpha value is -2.21. The molecule has 2 aromatic heterocycles. The number of aromatic nitrogens is 3. The maximum absolute atomic E-state index is 12.6. The van der Waals surface area contributed by atoms with Gasteiger partial charge in [0.1, 0.15) is 5.69 Å². The maximum Gasteiger partial charge on any atom is 0.269 e. The topological polar surface area (TPSA) is 69.0 Å². The van der Waals surface area contributed by atoms with E-state index < -0.39 is 0 Å². The summed E-state index contributed by atoms with van der Waals surface area (Å²) in [5, 5.41) is 7.62. The van der Waals surface area contributed by atoms with E-state index in [9.17, 15) is 4.79 Å². The number of aryl methyl sites for hydroxylation is 1. The van der Waals surface area contributed by atoms with Crippen molar-refractivity contribution < 1.29 is 9.53 Å². The van der Waals surface area contributed by atoms with Gasteiger partial charge in [0.2, 0.25) is 0 Å². The first-order valence-electron chi connectivity index (χ1n) is 8.57. The number of pyridine rings is 1. The number of carbonyl (C=O) groups is 1. The predicted molar refractivity (Wildman–Crippen MR) is 88.6 cm³/mol. The van der Waals surface area contributed by atoms with Crippen LogP contribution >= 0.6 is 0 Å². The third kappa shape index (κ3) is 3.19. The summed E-state index contributed by atoms with van der Waals surface area (Å²) < 4.78 is 7.54. The molecule has 1 saturated carbocycles. The first kappa shape index (κ1) is 15.3. The van der Waals surface area contributed by atoms with Gasteiger partial charge in [-0.3, -0.25) is 14.5 Å². The molecule has 0 spiro atoms. The van der Waals surface area contributed by atoms with Crippen LogP contribution in [0.5, 0.6) is 0 Å². The van der Waals surface area contributed by atoms with Crippen LogP contribution in [0.4, 0.5) is 0 Å². The molecule has 0 radical (unpaired) electrons. The van der Waals surface area contributed by atoms with Gasteiger partial charge in [-0.25, -0.2) is 0 Å². The Morgan fingerprint density at radius 3 is 3.00 bits per heavy atom. The summed E-state index contributed by atoms with van der Waals surface area (Å²) in [5.41, 5.74) is 2.75. The second-order valence-corrected chi connectivity index (χ2v) is 6.69. The number of rotatable bonds is 4. The molecule has 0 aromatic carbocycles. The van der Waals surface area contributed by atoms with Crippen LogP contribution in [0.25, 0.3) is 0 Å². The lowest BCUT2D eigenvalue weighted by atomic mass is 9.98.